The normalized spacial score (nSPS) is 14.6. The number of hydrogen-bond donors (Lipinski definition) is 0. The molecule has 3 aromatic rings. The third-order valence-electron chi connectivity index (χ3n) is 4.39. The van der Waals surface area contributed by atoms with Gasteiger partial charge in [-0.1, -0.05) is 46.8 Å². The lowest BCUT2D eigenvalue weighted by atomic mass is 10.1. The van der Waals surface area contributed by atoms with Gasteiger partial charge in [-0.25, -0.2) is 15.0 Å². The van der Waals surface area contributed by atoms with Crippen LogP contribution in [0.5, 0.6) is 0 Å². The van der Waals surface area contributed by atoms with Crippen molar-refractivity contribution in [2.24, 2.45) is 0 Å². The highest BCUT2D eigenvalue weighted by atomic mass is 35.5. The quantitative estimate of drug-likeness (QED) is 0.417. The second-order valence-corrected chi connectivity index (χ2v) is 8.35. The minimum Gasteiger partial charge on any atom is -0.348 e. The summed E-state index contributed by atoms with van der Waals surface area (Å²) in [7, 11) is 0. The number of halogens is 1. The first-order chi connectivity index (χ1) is 12.7. The Morgan fingerprint density at radius 3 is 2.73 bits per heavy atom. The largest absolute Gasteiger partial charge is 0.348 e. The summed E-state index contributed by atoms with van der Waals surface area (Å²) < 4.78 is 0. The molecule has 0 spiro atoms. The molecular formula is C19H19ClN4S2. The molecule has 0 aliphatic carbocycles. The zero-order valence-corrected chi connectivity index (χ0v) is 16.9. The van der Waals surface area contributed by atoms with Crippen LogP contribution in [0.2, 0.25) is 5.02 Å². The molecule has 2 aromatic heterocycles. The first-order valence-electron chi connectivity index (χ1n) is 8.64. The number of nitrogens with zero attached hydrogens (tertiary/aromatic N) is 4. The van der Waals surface area contributed by atoms with E-state index in [1.165, 1.54) is 19.3 Å². The number of aromatic nitrogens is 3. The van der Waals surface area contributed by atoms with Crippen molar-refractivity contribution >= 4 is 39.8 Å². The van der Waals surface area contributed by atoms with Crippen molar-refractivity contribution in [2.75, 3.05) is 24.2 Å². The van der Waals surface area contributed by atoms with Crippen LogP contribution in [0, 0.1) is 0 Å². The third-order valence-corrected chi connectivity index (χ3v) is 6.32. The molecule has 1 aromatic carbocycles. The van der Waals surface area contributed by atoms with Crippen molar-refractivity contribution in [3.05, 3.63) is 41.6 Å². The molecule has 3 heterocycles. The SMILES string of the molecule is CSc1nccc(-c2sc(N3CCCCC3)nc2-c2cccc(Cl)c2)n1. The van der Waals surface area contributed by atoms with E-state index >= 15 is 0 Å². The van der Waals surface area contributed by atoms with E-state index in [-0.39, 0.29) is 0 Å². The summed E-state index contributed by atoms with van der Waals surface area (Å²) in [5.74, 6) is 0. The summed E-state index contributed by atoms with van der Waals surface area (Å²) in [6, 6.07) is 9.84. The van der Waals surface area contributed by atoms with E-state index in [1.54, 1.807) is 23.1 Å². The van der Waals surface area contributed by atoms with E-state index < -0.39 is 0 Å². The number of piperidine rings is 1. The molecule has 26 heavy (non-hydrogen) atoms. The van der Waals surface area contributed by atoms with E-state index in [1.807, 2.05) is 36.7 Å². The fraction of sp³-hybridized carbons (Fsp3) is 0.316. The Labute approximate surface area is 166 Å². The van der Waals surface area contributed by atoms with Crippen molar-refractivity contribution in [2.45, 2.75) is 24.4 Å². The van der Waals surface area contributed by atoms with Gasteiger partial charge in [0.05, 0.1) is 16.3 Å². The van der Waals surface area contributed by atoms with Crippen LogP contribution in [0.15, 0.2) is 41.7 Å². The first-order valence-corrected chi connectivity index (χ1v) is 11.1. The van der Waals surface area contributed by atoms with Crippen LogP contribution in [-0.4, -0.2) is 34.3 Å². The van der Waals surface area contributed by atoms with Crippen molar-refractivity contribution in [3.63, 3.8) is 0 Å². The van der Waals surface area contributed by atoms with Gasteiger partial charge in [-0.3, -0.25) is 0 Å². The molecule has 1 aliphatic heterocycles. The highest BCUT2D eigenvalue weighted by molar-refractivity contribution is 7.98. The number of benzene rings is 1. The van der Waals surface area contributed by atoms with Crippen LogP contribution in [0.25, 0.3) is 21.8 Å². The van der Waals surface area contributed by atoms with E-state index in [0.29, 0.717) is 5.02 Å². The van der Waals surface area contributed by atoms with Crippen molar-refractivity contribution in [1.82, 2.24) is 15.0 Å². The molecular weight excluding hydrogens is 384 g/mol. The van der Waals surface area contributed by atoms with Crippen molar-refractivity contribution in [1.29, 1.82) is 0 Å². The summed E-state index contributed by atoms with van der Waals surface area (Å²) in [5, 5.41) is 2.56. The second-order valence-electron chi connectivity index (χ2n) is 6.16. The lowest BCUT2D eigenvalue weighted by molar-refractivity contribution is 0.577. The van der Waals surface area contributed by atoms with Gasteiger partial charge in [-0.05, 0) is 43.7 Å². The third kappa shape index (κ3) is 3.72. The monoisotopic (exact) mass is 402 g/mol. The lowest BCUT2D eigenvalue weighted by Crippen LogP contribution is -2.29. The van der Waals surface area contributed by atoms with Gasteiger partial charge in [0.1, 0.15) is 0 Å². The van der Waals surface area contributed by atoms with Gasteiger partial charge in [-0.15, -0.1) is 0 Å². The van der Waals surface area contributed by atoms with Gasteiger partial charge in [-0.2, -0.15) is 0 Å². The Morgan fingerprint density at radius 2 is 1.96 bits per heavy atom. The predicted molar refractivity (Wildman–Crippen MR) is 111 cm³/mol. The average molecular weight is 403 g/mol. The maximum atomic E-state index is 6.23. The second kappa shape index (κ2) is 7.94. The van der Waals surface area contributed by atoms with Gasteiger partial charge < -0.3 is 4.90 Å². The van der Waals surface area contributed by atoms with E-state index in [4.69, 9.17) is 21.6 Å². The fourth-order valence-electron chi connectivity index (χ4n) is 3.10. The lowest BCUT2D eigenvalue weighted by Gasteiger charge is -2.25. The summed E-state index contributed by atoms with van der Waals surface area (Å²) >= 11 is 9.49. The van der Waals surface area contributed by atoms with E-state index in [2.05, 4.69) is 16.0 Å². The molecule has 4 rings (SSSR count). The highest BCUT2D eigenvalue weighted by Gasteiger charge is 2.21. The Morgan fingerprint density at radius 1 is 1.12 bits per heavy atom. The number of thioether (sulfide) groups is 1. The molecule has 134 valence electrons. The van der Waals surface area contributed by atoms with Gasteiger partial charge in [0.15, 0.2) is 10.3 Å². The van der Waals surface area contributed by atoms with Gasteiger partial charge in [0, 0.05) is 29.9 Å². The maximum Gasteiger partial charge on any atom is 0.187 e. The molecule has 1 fully saturated rings. The minimum atomic E-state index is 0.716. The Hall–Kier alpha value is -1.63. The maximum absolute atomic E-state index is 6.23. The zero-order chi connectivity index (χ0) is 17.9. The Bertz CT molecular complexity index is 906. The van der Waals surface area contributed by atoms with Gasteiger partial charge in [0.2, 0.25) is 0 Å². The molecule has 0 bridgehead atoms. The van der Waals surface area contributed by atoms with Crippen LogP contribution >= 0.6 is 34.7 Å². The molecule has 0 N–H and O–H groups in total. The highest BCUT2D eigenvalue weighted by Crippen LogP contribution is 2.40. The molecule has 0 unspecified atom stereocenters. The summed E-state index contributed by atoms with van der Waals surface area (Å²) in [6.07, 6.45) is 7.56. The fourth-order valence-corrected chi connectivity index (χ4v) is 4.76. The topological polar surface area (TPSA) is 41.9 Å². The number of anilines is 1. The minimum absolute atomic E-state index is 0.716. The first kappa shape index (κ1) is 17.8. The smallest absolute Gasteiger partial charge is 0.187 e. The van der Waals surface area contributed by atoms with Crippen molar-refractivity contribution in [3.8, 4) is 21.8 Å². The van der Waals surface area contributed by atoms with Crippen LogP contribution in [0.1, 0.15) is 19.3 Å². The molecule has 0 saturated carbocycles. The van der Waals surface area contributed by atoms with Crippen molar-refractivity contribution < 1.29 is 0 Å². The van der Waals surface area contributed by atoms with Crippen LogP contribution < -0.4 is 4.90 Å². The molecule has 7 heteroatoms. The Kier molecular flexibility index (Phi) is 5.43. The Balaban J connectivity index is 1.83. The molecule has 1 saturated heterocycles. The van der Waals surface area contributed by atoms with Crippen LogP contribution in [0.4, 0.5) is 5.13 Å². The van der Waals surface area contributed by atoms with E-state index in [9.17, 15) is 0 Å². The number of rotatable bonds is 4. The van der Waals surface area contributed by atoms with Crippen LogP contribution in [0.3, 0.4) is 0 Å². The average Bonchev–Trinajstić information content (AvgIpc) is 3.14. The van der Waals surface area contributed by atoms with Crippen LogP contribution in [-0.2, 0) is 0 Å². The number of thiazole rings is 1. The summed E-state index contributed by atoms with van der Waals surface area (Å²) in [4.78, 5) is 17.5. The molecule has 0 atom stereocenters. The summed E-state index contributed by atoms with van der Waals surface area (Å²) in [5.41, 5.74) is 2.89. The standard InChI is InChI=1S/C19H19ClN4S2/c1-25-18-21-9-8-15(22-18)17-16(13-6-5-7-14(20)12-13)23-19(26-17)24-10-3-2-4-11-24/h5-9,12H,2-4,10-11H2,1H3. The van der Waals surface area contributed by atoms with Gasteiger partial charge in [0.25, 0.3) is 0 Å². The molecule has 1 aliphatic rings. The summed E-state index contributed by atoms with van der Waals surface area (Å²) in [6.45, 7) is 2.14. The molecule has 0 amide bonds. The predicted octanol–water partition coefficient (Wildman–Crippen LogP) is 5.63. The van der Waals surface area contributed by atoms with E-state index in [0.717, 1.165) is 45.2 Å². The number of hydrogen-bond acceptors (Lipinski definition) is 6. The molecule has 4 nitrogen and oxygen atoms in total. The van der Waals surface area contributed by atoms with Gasteiger partial charge >= 0.3 is 0 Å². The molecule has 0 radical (unpaired) electrons. The zero-order valence-electron chi connectivity index (χ0n) is 14.5.